The molecule has 4 nitrogen and oxygen atoms in total. The van der Waals surface area contributed by atoms with Crippen LogP contribution in [0, 0.1) is 0 Å². The van der Waals surface area contributed by atoms with Crippen LogP contribution >= 0.6 is 15.9 Å². The Bertz CT molecular complexity index is 417. The van der Waals surface area contributed by atoms with Crippen molar-refractivity contribution in [2.75, 3.05) is 19.0 Å². The van der Waals surface area contributed by atoms with Gasteiger partial charge in [-0.2, -0.15) is 0 Å². The Labute approximate surface area is 129 Å². The highest BCUT2D eigenvalue weighted by molar-refractivity contribution is 9.09. The van der Waals surface area contributed by atoms with Crippen molar-refractivity contribution in [2.24, 2.45) is 0 Å². The van der Waals surface area contributed by atoms with Gasteiger partial charge >= 0.3 is 0 Å². The molecule has 0 aliphatic heterocycles. The normalized spacial score (nSPS) is 12.2. The van der Waals surface area contributed by atoms with E-state index >= 15 is 0 Å². The lowest BCUT2D eigenvalue weighted by Crippen LogP contribution is -2.38. The van der Waals surface area contributed by atoms with E-state index in [2.05, 4.69) is 21.2 Å². The number of alkyl halides is 1. The van der Waals surface area contributed by atoms with Crippen LogP contribution in [0.15, 0.2) is 24.3 Å². The van der Waals surface area contributed by atoms with Crippen molar-refractivity contribution in [1.29, 1.82) is 0 Å². The van der Waals surface area contributed by atoms with E-state index in [1.807, 2.05) is 26.0 Å². The summed E-state index contributed by atoms with van der Waals surface area (Å²) in [7, 11) is 1.63. The van der Waals surface area contributed by atoms with Gasteiger partial charge in [-0.25, -0.2) is 0 Å². The van der Waals surface area contributed by atoms with Crippen LogP contribution in [-0.4, -0.2) is 37.1 Å². The number of rotatable bonds is 8. The van der Waals surface area contributed by atoms with Crippen molar-refractivity contribution in [2.45, 2.75) is 32.4 Å². The molecule has 0 bridgehead atoms. The Kier molecular flexibility index (Phi) is 7.62. The minimum atomic E-state index is -0.109. The summed E-state index contributed by atoms with van der Waals surface area (Å²) in [4.78, 5) is 12.2. The molecule has 0 spiro atoms. The van der Waals surface area contributed by atoms with Crippen molar-refractivity contribution in [3.05, 3.63) is 29.8 Å². The number of halogens is 1. The number of ether oxygens (including phenoxy) is 2. The molecule has 1 N–H and O–H groups in total. The van der Waals surface area contributed by atoms with Crippen molar-refractivity contribution in [3.63, 3.8) is 0 Å². The number of carbonyl (C=O) groups excluding carboxylic acids is 1. The van der Waals surface area contributed by atoms with E-state index in [1.165, 1.54) is 0 Å². The molecule has 1 aromatic carbocycles. The quantitative estimate of drug-likeness (QED) is 0.738. The molecule has 0 saturated heterocycles. The van der Waals surface area contributed by atoms with Crippen LogP contribution in [0.3, 0.4) is 0 Å². The second-order valence-electron chi connectivity index (χ2n) is 4.80. The summed E-state index contributed by atoms with van der Waals surface area (Å²) in [6.45, 7) is 4.41. The fourth-order valence-electron chi connectivity index (χ4n) is 1.78. The number of hydrogen-bond donors (Lipinski definition) is 1. The monoisotopic (exact) mass is 343 g/mol. The fourth-order valence-corrected chi connectivity index (χ4v) is 2.33. The Morgan fingerprint density at radius 1 is 1.40 bits per heavy atom. The molecule has 0 radical (unpaired) electrons. The maximum Gasteiger partial charge on any atom is 0.251 e. The molecular weight excluding hydrogens is 322 g/mol. The third-order valence-electron chi connectivity index (χ3n) is 2.63. The van der Waals surface area contributed by atoms with Gasteiger partial charge in [0.15, 0.2) is 0 Å². The molecule has 0 aromatic heterocycles. The average Bonchev–Trinajstić information content (AvgIpc) is 2.38. The molecule has 0 heterocycles. The lowest BCUT2D eigenvalue weighted by molar-refractivity contribution is 0.0894. The van der Waals surface area contributed by atoms with Gasteiger partial charge in [-0.3, -0.25) is 4.79 Å². The first-order chi connectivity index (χ1) is 9.56. The van der Waals surface area contributed by atoms with Crippen LogP contribution in [0.5, 0.6) is 5.75 Å². The van der Waals surface area contributed by atoms with Gasteiger partial charge in [0, 0.05) is 18.0 Å². The van der Waals surface area contributed by atoms with Gasteiger partial charge in [0.2, 0.25) is 0 Å². The maximum atomic E-state index is 12.2. The minimum Gasteiger partial charge on any atom is -0.491 e. The van der Waals surface area contributed by atoms with Crippen LogP contribution in [0.25, 0.3) is 0 Å². The largest absolute Gasteiger partial charge is 0.491 e. The van der Waals surface area contributed by atoms with Gasteiger partial charge in [0.1, 0.15) is 5.75 Å². The highest BCUT2D eigenvalue weighted by atomic mass is 79.9. The van der Waals surface area contributed by atoms with Crippen LogP contribution < -0.4 is 10.1 Å². The molecule has 112 valence electrons. The van der Waals surface area contributed by atoms with Crippen molar-refractivity contribution in [1.82, 2.24) is 5.32 Å². The minimum absolute atomic E-state index is 0.00143. The topological polar surface area (TPSA) is 47.6 Å². The van der Waals surface area contributed by atoms with Crippen molar-refractivity contribution >= 4 is 21.8 Å². The molecule has 1 rings (SSSR count). The first-order valence-electron chi connectivity index (χ1n) is 6.69. The lowest BCUT2D eigenvalue weighted by Gasteiger charge is -2.17. The standard InChI is InChI=1S/C15H22BrNO3/c1-11(2)20-14-6-4-5-12(9-14)15(18)17-13(7-8-16)10-19-3/h4-6,9,11,13H,7-8,10H2,1-3H3,(H,17,18). The third-order valence-corrected chi connectivity index (χ3v) is 3.09. The molecular formula is C15H22BrNO3. The number of methoxy groups -OCH3 is 1. The van der Waals surface area contributed by atoms with Gasteiger partial charge in [0.25, 0.3) is 5.91 Å². The van der Waals surface area contributed by atoms with E-state index in [1.54, 1.807) is 19.2 Å². The zero-order valence-corrected chi connectivity index (χ0v) is 13.8. The molecule has 5 heteroatoms. The average molecular weight is 344 g/mol. The highest BCUT2D eigenvalue weighted by Gasteiger charge is 2.13. The molecule has 0 fully saturated rings. The second-order valence-corrected chi connectivity index (χ2v) is 5.59. The van der Waals surface area contributed by atoms with Gasteiger partial charge in [-0.05, 0) is 38.5 Å². The number of amides is 1. The van der Waals surface area contributed by atoms with Crippen LogP contribution in [0.4, 0.5) is 0 Å². The Hall–Kier alpha value is -1.07. The predicted octanol–water partition coefficient (Wildman–Crippen LogP) is 3.00. The lowest BCUT2D eigenvalue weighted by atomic mass is 10.1. The Balaban J connectivity index is 2.70. The van der Waals surface area contributed by atoms with E-state index in [0.29, 0.717) is 17.9 Å². The molecule has 1 unspecified atom stereocenters. The smallest absolute Gasteiger partial charge is 0.251 e. The molecule has 0 saturated carbocycles. The van der Waals surface area contributed by atoms with Crippen molar-refractivity contribution < 1.29 is 14.3 Å². The van der Waals surface area contributed by atoms with E-state index in [4.69, 9.17) is 9.47 Å². The summed E-state index contributed by atoms with van der Waals surface area (Å²) in [6, 6.07) is 7.21. The number of nitrogens with one attached hydrogen (secondary N) is 1. The maximum absolute atomic E-state index is 12.2. The van der Waals surface area contributed by atoms with Crippen molar-refractivity contribution in [3.8, 4) is 5.75 Å². The molecule has 1 aromatic rings. The molecule has 20 heavy (non-hydrogen) atoms. The second kappa shape index (κ2) is 8.97. The van der Waals surface area contributed by atoms with E-state index in [9.17, 15) is 4.79 Å². The first-order valence-corrected chi connectivity index (χ1v) is 7.81. The van der Waals surface area contributed by atoms with Crippen LogP contribution in [0.1, 0.15) is 30.6 Å². The molecule has 1 atom stereocenters. The summed E-state index contributed by atoms with van der Waals surface area (Å²) in [5.41, 5.74) is 0.596. The number of carbonyl (C=O) groups is 1. The SMILES string of the molecule is COCC(CCBr)NC(=O)c1cccc(OC(C)C)c1. The fraction of sp³-hybridized carbons (Fsp3) is 0.533. The predicted molar refractivity (Wildman–Crippen MR) is 83.7 cm³/mol. The third kappa shape index (κ3) is 5.92. The van der Waals surface area contributed by atoms with Gasteiger partial charge in [-0.15, -0.1) is 0 Å². The molecule has 1 amide bonds. The first kappa shape index (κ1) is 17.0. The zero-order chi connectivity index (χ0) is 15.0. The summed E-state index contributed by atoms with van der Waals surface area (Å²) >= 11 is 3.38. The van der Waals surface area contributed by atoms with Crippen LogP contribution in [-0.2, 0) is 4.74 Å². The molecule has 0 aliphatic carbocycles. The summed E-state index contributed by atoms with van der Waals surface area (Å²) < 4.78 is 10.7. The van der Waals surface area contributed by atoms with Gasteiger partial charge in [0.05, 0.1) is 18.8 Å². The summed E-state index contributed by atoms with van der Waals surface area (Å²) in [5, 5.41) is 3.78. The van der Waals surface area contributed by atoms with E-state index < -0.39 is 0 Å². The molecule has 0 aliphatic rings. The van der Waals surface area contributed by atoms with E-state index in [-0.39, 0.29) is 18.1 Å². The van der Waals surface area contributed by atoms with Gasteiger partial charge < -0.3 is 14.8 Å². The summed E-state index contributed by atoms with van der Waals surface area (Å²) in [5.74, 6) is 0.596. The zero-order valence-electron chi connectivity index (χ0n) is 12.2. The summed E-state index contributed by atoms with van der Waals surface area (Å²) in [6.07, 6.45) is 0.907. The number of hydrogen-bond acceptors (Lipinski definition) is 3. The Morgan fingerprint density at radius 2 is 2.15 bits per heavy atom. The number of benzene rings is 1. The van der Waals surface area contributed by atoms with E-state index in [0.717, 1.165) is 11.8 Å². The van der Waals surface area contributed by atoms with Gasteiger partial charge in [-0.1, -0.05) is 22.0 Å². The Morgan fingerprint density at radius 3 is 2.75 bits per heavy atom. The highest BCUT2D eigenvalue weighted by Crippen LogP contribution is 2.15. The van der Waals surface area contributed by atoms with Crippen LogP contribution in [0.2, 0.25) is 0 Å².